The highest BCUT2D eigenvalue weighted by atomic mass is 16.2. The molecule has 0 aromatic carbocycles. The number of fused-ring (bicyclic) bond motifs is 1. The largest absolute Gasteiger partial charge is 0.337 e. The Morgan fingerprint density at radius 1 is 1.12 bits per heavy atom. The van der Waals surface area contributed by atoms with E-state index >= 15 is 0 Å². The van der Waals surface area contributed by atoms with Gasteiger partial charge in [0.2, 0.25) is 0 Å². The molecule has 0 unspecified atom stereocenters. The maximum atomic E-state index is 12.7. The van der Waals surface area contributed by atoms with E-state index in [1.54, 1.807) is 0 Å². The molecule has 134 valence electrons. The second kappa shape index (κ2) is 6.61. The molecule has 2 aromatic heterocycles. The Kier molecular flexibility index (Phi) is 4.30. The maximum absolute atomic E-state index is 12.7. The van der Waals surface area contributed by atoms with E-state index in [2.05, 4.69) is 26.9 Å². The van der Waals surface area contributed by atoms with Gasteiger partial charge in [0.15, 0.2) is 5.69 Å². The molecule has 0 radical (unpaired) electrons. The standard InChI is InChI=1S/C17H25N7O/c1-20-5-8-23(9-6-20)17(25)15-11-14-12-22(7-10-24(14)19-15)13-16-18-3-4-21(16)2/h3-4,11H,5-10,12-13H2,1-2H3. The zero-order chi connectivity index (χ0) is 17.4. The van der Waals surface area contributed by atoms with E-state index in [-0.39, 0.29) is 5.91 Å². The second-order valence-electron chi connectivity index (χ2n) is 7.00. The van der Waals surface area contributed by atoms with Crippen LogP contribution in [0.15, 0.2) is 18.5 Å². The van der Waals surface area contributed by atoms with Gasteiger partial charge in [-0.25, -0.2) is 4.98 Å². The molecule has 1 saturated heterocycles. The fourth-order valence-electron chi connectivity index (χ4n) is 3.48. The number of hydrogen-bond acceptors (Lipinski definition) is 5. The number of piperazine rings is 1. The van der Waals surface area contributed by atoms with E-state index in [0.717, 1.165) is 63.9 Å². The molecule has 4 heterocycles. The minimum atomic E-state index is 0.0608. The molecule has 0 aliphatic carbocycles. The van der Waals surface area contributed by atoms with Crippen LogP contribution in [0.25, 0.3) is 0 Å². The Hall–Kier alpha value is -2.19. The minimum Gasteiger partial charge on any atom is -0.337 e. The summed E-state index contributed by atoms with van der Waals surface area (Å²) in [4.78, 5) is 23.6. The van der Waals surface area contributed by atoms with Gasteiger partial charge in [0.1, 0.15) is 5.82 Å². The first kappa shape index (κ1) is 16.3. The molecule has 2 aromatic rings. The topological polar surface area (TPSA) is 62.4 Å². The minimum absolute atomic E-state index is 0.0608. The molecule has 1 amide bonds. The monoisotopic (exact) mass is 343 g/mol. The highest BCUT2D eigenvalue weighted by Gasteiger charge is 2.26. The quantitative estimate of drug-likeness (QED) is 0.786. The summed E-state index contributed by atoms with van der Waals surface area (Å²) < 4.78 is 4.03. The Bertz CT molecular complexity index is 757. The molecule has 25 heavy (non-hydrogen) atoms. The third-order valence-electron chi connectivity index (χ3n) is 5.17. The van der Waals surface area contributed by atoms with E-state index in [0.29, 0.717) is 5.69 Å². The summed E-state index contributed by atoms with van der Waals surface area (Å²) in [5.74, 6) is 1.12. The third kappa shape index (κ3) is 3.32. The third-order valence-corrected chi connectivity index (χ3v) is 5.17. The number of aromatic nitrogens is 4. The van der Waals surface area contributed by atoms with Gasteiger partial charge < -0.3 is 14.4 Å². The lowest BCUT2D eigenvalue weighted by atomic mass is 10.2. The van der Waals surface area contributed by atoms with Gasteiger partial charge in [0.25, 0.3) is 5.91 Å². The number of likely N-dealkylation sites (N-methyl/N-ethyl adjacent to an activating group) is 1. The summed E-state index contributed by atoms with van der Waals surface area (Å²) in [6.07, 6.45) is 3.80. The fourth-order valence-corrected chi connectivity index (χ4v) is 3.48. The number of aryl methyl sites for hydroxylation is 1. The molecular formula is C17H25N7O. The molecule has 2 aliphatic heterocycles. The maximum Gasteiger partial charge on any atom is 0.274 e. The van der Waals surface area contributed by atoms with Gasteiger partial charge in [0, 0.05) is 58.7 Å². The summed E-state index contributed by atoms with van der Waals surface area (Å²) >= 11 is 0. The van der Waals surface area contributed by atoms with Crippen LogP contribution in [-0.2, 0) is 26.7 Å². The van der Waals surface area contributed by atoms with Crippen LogP contribution in [0.1, 0.15) is 22.0 Å². The number of carbonyl (C=O) groups excluding carboxylic acids is 1. The highest BCUT2D eigenvalue weighted by Crippen LogP contribution is 2.17. The first-order valence-electron chi connectivity index (χ1n) is 8.83. The van der Waals surface area contributed by atoms with Crippen LogP contribution in [-0.4, -0.2) is 79.7 Å². The van der Waals surface area contributed by atoms with Crippen molar-refractivity contribution in [2.45, 2.75) is 19.6 Å². The van der Waals surface area contributed by atoms with Gasteiger partial charge >= 0.3 is 0 Å². The lowest BCUT2D eigenvalue weighted by molar-refractivity contribution is 0.0657. The molecule has 4 rings (SSSR count). The normalized spacial score (nSPS) is 19.2. The van der Waals surface area contributed by atoms with Gasteiger partial charge in [-0.2, -0.15) is 5.10 Å². The van der Waals surface area contributed by atoms with Gasteiger partial charge in [-0.05, 0) is 13.1 Å². The average Bonchev–Trinajstić information content (AvgIpc) is 3.21. The van der Waals surface area contributed by atoms with Crippen LogP contribution in [0.5, 0.6) is 0 Å². The second-order valence-corrected chi connectivity index (χ2v) is 7.00. The summed E-state index contributed by atoms with van der Waals surface area (Å²) in [7, 11) is 4.11. The van der Waals surface area contributed by atoms with Crippen molar-refractivity contribution in [2.75, 3.05) is 39.8 Å². The SMILES string of the molecule is CN1CCN(C(=O)c2cc3n(n2)CCN(Cc2nccn2C)C3)CC1. The molecule has 0 saturated carbocycles. The zero-order valence-electron chi connectivity index (χ0n) is 14.9. The van der Waals surface area contributed by atoms with E-state index in [1.165, 1.54) is 0 Å². The van der Waals surface area contributed by atoms with Crippen molar-refractivity contribution < 1.29 is 4.79 Å². The van der Waals surface area contributed by atoms with Crippen LogP contribution in [0.3, 0.4) is 0 Å². The van der Waals surface area contributed by atoms with E-state index in [9.17, 15) is 4.79 Å². The number of imidazole rings is 1. The van der Waals surface area contributed by atoms with Gasteiger partial charge in [0.05, 0.1) is 18.8 Å². The van der Waals surface area contributed by atoms with Gasteiger partial charge in [-0.15, -0.1) is 0 Å². The molecule has 0 bridgehead atoms. The number of amides is 1. The van der Waals surface area contributed by atoms with Crippen LogP contribution in [0.4, 0.5) is 0 Å². The molecule has 1 fully saturated rings. The van der Waals surface area contributed by atoms with E-state index in [4.69, 9.17) is 0 Å². The van der Waals surface area contributed by atoms with Crippen molar-refractivity contribution in [3.8, 4) is 0 Å². The van der Waals surface area contributed by atoms with Crippen LogP contribution in [0, 0.1) is 0 Å². The van der Waals surface area contributed by atoms with Gasteiger partial charge in [-0.3, -0.25) is 14.4 Å². The lowest BCUT2D eigenvalue weighted by Crippen LogP contribution is -2.47. The molecule has 0 atom stereocenters. The van der Waals surface area contributed by atoms with Crippen molar-refractivity contribution >= 4 is 5.91 Å². The molecule has 0 N–H and O–H groups in total. The zero-order valence-corrected chi connectivity index (χ0v) is 14.9. The molecule has 8 nitrogen and oxygen atoms in total. The first-order valence-corrected chi connectivity index (χ1v) is 8.83. The number of nitrogens with zero attached hydrogens (tertiary/aromatic N) is 7. The van der Waals surface area contributed by atoms with E-state index in [1.807, 2.05) is 39.7 Å². The summed E-state index contributed by atoms with van der Waals surface area (Å²) in [6.45, 7) is 6.77. The molecular weight excluding hydrogens is 318 g/mol. The Labute approximate surface area is 147 Å². The number of rotatable bonds is 3. The van der Waals surface area contributed by atoms with E-state index < -0.39 is 0 Å². The highest BCUT2D eigenvalue weighted by molar-refractivity contribution is 5.92. The predicted octanol–water partition coefficient (Wildman–Crippen LogP) is 0.0200. The number of hydrogen-bond donors (Lipinski definition) is 0. The van der Waals surface area contributed by atoms with Gasteiger partial charge in [-0.1, -0.05) is 0 Å². The lowest BCUT2D eigenvalue weighted by Gasteiger charge is -2.31. The van der Waals surface area contributed by atoms with Crippen molar-refractivity contribution in [1.82, 2.24) is 34.0 Å². The van der Waals surface area contributed by atoms with Crippen molar-refractivity contribution in [2.24, 2.45) is 7.05 Å². The fraction of sp³-hybridized carbons (Fsp3) is 0.588. The average molecular weight is 343 g/mol. The predicted molar refractivity (Wildman–Crippen MR) is 92.9 cm³/mol. The Morgan fingerprint density at radius 2 is 1.92 bits per heavy atom. The van der Waals surface area contributed by atoms with Crippen LogP contribution in [0.2, 0.25) is 0 Å². The van der Waals surface area contributed by atoms with Crippen molar-refractivity contribution in [3.63, 3.8) is 0 Å². The summed E-state index contributed by atoms with van der Waals surface area (Å²) in [6, 6.07) is 1.96. The molecule has 0 spiro atoms. The number of carbonyl (C=O) groups is 1. The van der Waals surface area contributed by atoms with Crippen LogP contribution < -0.4 is 0 Å². The molecule has 8 heteroatoms. The summed E-state index contributed by atoms with van der Waals surface area (Å²) in [5.41, 5.74) is 1.69. The Morgan fingerprint density at radius 3 is 2.64 bits per heavy atom. The summed E-state index contributed by atoms with van der Waals surface area (Å²) in [5, 5.41) is 4.56. The molecule has 2 aliphatic rings. The van der Waals surface area contributed by atoms with Crippen molar-refractivity contribution in [1.29, 1.82) is 0 Å². The van der Waals surface area contributed by atoms with Crippen LogP contribution >= 0.6 is 0 Å². The Balaban J connectivity index is 1.43. The first-order chi connectivity index (χ1) is 12.1. The van der Waals surface area contributed by atoms with Crippen molar-refractivity contribution in [3.05, 3.63) is 35.7 Å². The smallest absolute Gasteiger partial charge is 0.274 e.